The van der Waals surface area contributed by atoms with Crippen LogP contribution in [-0.4, -0.2) is 4.98 Å². The van der Waals surface area contributed by atoms with Gasteiger partial charge in [-0.15, -0.1) is 11.3 Å². The fourth-order valence-corrected chi connectivity index (χ4v) is 2.92. The van der Waals surface area contributed by atoms with Gasteiger partial charge in [-0.3, -0.25) is 0 Å². The SMILES string of the molecule is BrC(Br)=Cc1nc(C2CCC2)cs1. The second kappa shape index (κ2) is 4.24. The molecule has 0 bridgehead atoms. The van der Waals surface area contributed by atoms with Crippen LogP contribution >= 0.6 is 43.2 Å². The Kier molecular flexibility index (Phi) is 3.22. The molecule has 13 heavy (non-hydrogen) atoms. The highest BCUT2D eigenvalue weighted by Crippen LogP contribution is 2.37. The first kappa shape index (κ1) is 9.87. The lowest BCUT2D eigenvalue weighted by Crippen LogP contribution is -2.08. The lowest BCUT2D eigenvalue weighted by atomic mass is 9.83. The number of aromatic nitrogens is 1. The number of hydrogen-bond acceptors (Lipinski definition) is 2. The van der Waals surface area contributed by atoms with E-state index in [0.717, 1.165) is 14.3 Å². The van der Waals surface area contributed by atoms with E-state index in [1.807, 2.05) is 6.08 Å². The minimum Gasteiger partial charge on any atom is -0.241 e. The van der Waals surface area contributed by atoms with Crippen LogP contribution in [0.4, 0.5) is 0 Å². The highest BCUT2D eigenvalue weighted by molar-refractivity contribution is 9.28. The maximum Gasteiger partial charge on any atom is 0.118 e. The average Bonchev–Trinajstić information content (AvgIpc) is 2.31. The van der Waals surface area contributed by atoms with Gasteiger partial charge in [-0.05, 0) is 50.8 Å². The van der Waals surface area contributed by atoms with Gasteiger partial charge in [0.25, 0.3) is 0 Å². The molecule has 1 aromatic heterocycles. The molecule has 0 radical (unpaired) electrons. The summed E-state index contributed by atoms with van der Waals surface area (Å²) in [5, 5.41) is 3.25. The smallest absolute Gasteiger partial charge is 0.118 e. The minimum absolute atomic E-state index is 0.743. The van der Waals surface area contributed by atoms with Crippen molar-refractivity contribution in [3.05, 3.63) is 19.5 Å². The Morgan fingerprint density at radius 1 is 1.54 bits per heavy atom. The van der Waals surface area contributed by atoms with E-state index in [-0.39, 0.29) is 0 Å². The monoisotopic (exact) mass is 321 g/mol. The Bertz CT molecular complexity index is 324. The van der Waals surface area contributed by atoms with E-state index < -0.39 is 0 Å². The molecule has 2 rings (SSSR count). The van der Waals surface area contributed by atoms with Crippen LogP contribution in [-0.2, 0) is 0 Å². The topological polar surface area (TPSA) is 12.9 Å². The average molecular weight is 323 g/mol. The van der Waals surface area contributed by atoms with E-state index in [0.29, 0.717) is 0 Å². The molecule has 1 nitrogen and oxygen atoms in total. The van der Waals surface area contributed by atoms with E-state index in [4.69, 9.17) is 0 Å². The zero-order valence-electron chi connectivity index (χ0n) is 6.96. The zero-order chi connectivity index (χ0) is 9.26. The number of halogens is 2. The van der Waals surface area contributed by atoms with E-state index in [9.17, 15) is 0 Å². The zero-order valence-corrected chi connectivity index (χ0v) is 11.0. The Morgan fingerprint density at radius 2 is 2.31 bits per heavy atom. The van der Waals surface area contributed by atoms with Gasteiger partial charge in [0, 0.05) is 11.3 Å². The number of hydrogen-bond donors (Lipinski definition) is 0. The molecule has 1 aliphatic carbocycles. The number of nitrogens with zero attached hydrogens (tertiary/aromatic N) is 1. The Hall–Kier alpha value is 0.330. The molecule has 1 aromatic rings. The van der Waals surface area contributed by atoms with Crippen LogP contribution in [0.3, 0.4) is 0 Å². The summed E-state index contributed by atoms with van der Waals surface area (Å²) < 4.78 is 0.953. The van der Waals surface area contributed by atoms with Crippen LogP contribution < -0.4 is 0 Å². The maximum atomic E-state index is 4.55. The van der Waals surface area contributed by atoms with Crippen molar-refractivity contribution in [3.8, 4) is 0 Å². The normalized spacial score (nSPS) is 16.8. The molecule has 1 fully saturated rings. The highest BCUT2D eigenvalue weighted by atomic mass is 79.9. The molecule has 0 aliphatic heterocycles. The standard InChI is InChI=1S/C9H9Br2NS/c10-8(11)4-9-12-7(5-13-9)6-2-1-3-6/h4-6H,1-3H2. The molecule has 1 saturated carbocycles. The molecular formula is C9H9Br2NS. The van der Waals surface area contributed by atoms with Crippen LogP contribution in [0, 0.1) is 0 Å². The first-order valence-corrected chi connectivity index (χ1v) is 6.70. The molecular weight excluding hydrogens is 314 g/mol. The number of rotatable bonds is 2. The molecule has 0 saturated heterocycles. The van der Waals surface area contributed by atoms with Crippen molar-refractivity contribution in [1.82, 2.24) is 4.98 Å². The van der Waals surface area contributed by atoms with Gasteiger partial charge in [-0.25, -0.2) is 4.98 Å². The van der Waals surface area contributed by atoms with Crippen LogP contribution in [0.15, 0.2) is 8.77 Å². The van der Waals surface area contributed by atoms with E-state index in [2.05, 4.69) is 42.2 Å². The van der Waals surface area contributed by atoms with Crippen LogP contribution in [0.2, 0.25) is 0 Å². The molecule has 0 unspecified atom stereocenters. The second-order valence-electron chi connectivity index (χ2n) is 3.17. The van der Waals surface area contributed by atoms with Crippen molar-refractivity contribution in [2.75, 3.05) is 0 Å². The molecule has 0 aromatic carbocycles. The number of thiazole rings is 1. The highest BCUT2D eigenvalue weighted by Gasteiger charge is 2.21. The molecule has 70 valence electrons. The van der Waals surface area contributed by atoms with Gasteiger partial charge in [0.1, 0.15) is 5.01 Å². The van der Waals surface area contributed by atoms with Crippen LogP contribution in [0.5, 0.6) is 0 Å². The lowest BCUT2D eigenvalue weighted by Gasteiger charge is -2.22. The van der Waals surface area contributed by atoms with Gasteiger partial charge in [0.05, 0.1) is 9.09 Å². The summed E-state index contributed by atoms with van der Waals surface area (Å²) in [7, 11) is 0. The summed E-state index contributed by atoms with van der Waals surface area (Å²) in [6.07, 6.45) is 6.01. The summed E-state index contributed by atoms with van der Waals surface area (Å²) in [6, 6.07) is 0. The summed E-state index contributed by atoms with van der Waals surface area (Å²) in [5.41, 5.74) is 1.28. The largest absolute Gasteiger partial charge is 0.241 e. The van der Waals surface area contributed by atoms with Gasteiger partial charge in [0.15, 0.2) is 0 Å². The summed E-state index contributed by atoms with van der Waals surface area (Å²) in [6.45, 7) is 0. The maximum absolute atomic E-state index is 4.55. The third-order valence-electron chi connectivity index (χ3n) is 2.30. The molecule has 0 N–H and O–H groups in total. The van der Waals surface area contributed by atoms with Crippen molar-refractivity contribution < 1.29 is 0 Å². The van der Waals surface area contributed by atoms with Crippen molar-refractivity contribution in [2.45, 2.75) is 25.2 Å². The summed E-state index contributed by atoms with van der Waals surface area (Å²) in [4.78, 5) is 4.55. The molecule has 1 heterocycles. The van der Waals surface area contributed by atoms with Gasteiger partial charge >= 0.3 is 0 Å². The second-order valence-corrected chi connectivity index (χ2v) is 6.83. The van der Waals surface area contributed by atoms with Gasteiger partial charge < -0.3 is 0 Å². The predicted molar refractivity (Wildman–Crippen MR) is 64.5 cm³/mol. The van der Waals surface area contributed by atoms with Crippen LogP contribution in [0.1, 0.15) is 35.9 Å². The molecule has 0 amide bonds. The summed E-state index contributed by atoms with van der Waals surface area (Å²) >= 11 is 8.37. The van der Waals surface area contributed by atoms with E-state index >= 15 is 0 Å². The van der Waals surface area contributed by atoms with Crippen molar-refractivity contribution in [2.24, 2.45) is 0 Å². The third kappa shape index (κ3) is 2.42. The fourth-order valence-electron chi connectivity index (χ4n) is 1.35. The van der Waals surface area contributed by atoms with Crippen molar-refractivity contribution >= 4 is 49.3 Å². The first-order chi connectivity index (χ1) is 6.25. The molecule has 0 atom stereocenters. The third-order valence-corrected chi connectivity index (χ3v) is 3.56. The van der Waals surface area contributed by atoms with Crippen LogP contribution in [0.25, 0.3) is 6.08 Å². The van der Waals surface area contributed by atoms with E-state index in [1.54, 1.807) is 11.3 Å². The Labute approximate surface area is 98.5 Å². The molecule has 1 aliphatic rings. The van der Waals surface area contributed by atoms with Gasteiger partial charge in [-0.2, -0.15) is 0 Å². The Morgan fingerprint density at radius 3 is 2.85 bits per heavy atom. The molecule has 0 spiro atoms. The Balaban J connectivity index is 2.13. The first-order valence-electron chi connectivity index (χ1n) is 4.24. The fraction of sp³-hybridized carbons (Fsp3) is 0.444. The van der Waals surface area contributed by atoms with Gasteiger partial charge in [-0.1, -0.05) is 6.42 Å². The predicted octanol–water partition coefficient (Wildman–Crippen LogP) is 4.50. The lowest BCUT2D eigenvalue weighted by molar-refractivity contribution is 0.412. The minimum atomic E-state index is 0.743. The summed E-state index contributed by atoms with van der Waals surface area (Å²) in [5.74, 6) is 0.743. The van der Waals surface area contributed by atoms with Gasteiger partial charge in [0.2, 0.25) is 0 Å². The van der Waals surface area contributed by atoms with Crippen molar-refractivity contribution in [3.63, 3.8) is 0 Å². The molecule has 4 heteroatoms. The quantitative estimate of drug-likeness (QED) is 0.781. The van der Waals surface area contributed by atoms with E-state index in [1.165, 1.54) is 25.0 Å². The van der Waals surface area contributed by atoms with Crippen molar-refractivity contribution in [1.29, 1.82) is 0 Å².